The Labute approximate surface area is 144 Å². The van der Waals surface area contributed by atoms with Crippen LogP contribution in [-0.2, 0) is 15.1 Å². The Kier molecular flexibility index (Phi) is 3.96. The summed E-state index contributed by atoms with van der Waals surface area (Å²) in [4.78, 5) is 39.7. The molecule has 0 unspecified atom stereocenters. The maximum Gasteiger partial charge on any atom is 0.339 e. The first-order valence-corrected chi connectivity index (χ1v) is 7.73. The number of aromatic nitrogens is 1. The summed E-state index contributed by atoms with van der Waals surface area (Å²) in [5.41, 5.74) is 0.308. The first-order chi connectivity index (χ1) is 11.8. The van der Waals surface area contributed by atoms with Crippen LogP contribution >= 0.6 is 0 Å². The lowest BCUT2D eigenvalue weighted by Gasteiger charge is -2.19. The molecule has 0 radical (unpaired) electrons. The number of methoxy groups -OCH3 is 1. The van der Waals surface area contributed by atoms with E-state index < -0.39 is 29.7 Å². The van der Waals surface area contributed by atoms with Crippen LogP contribution in [0.25, 0.3) is 0 Å². The summed E-state index contributed by atoms with van der Waals surface area (Å²) >= 11 is 0. The molecule has 1 atom stereocenters. The number of benzene rings is 1. The molecule has 0 bridgehead atoms. The van der Waals surface area contributed by atoms with Crippen molar-refractivity contribution in [1.29, 1.82) is 0 Å². The summed E-state index contributed by atoms with van der Waals surface area (Å²) in [5.74, 6) is -1.66. The lowest BCUT2D eigenvalue weighted by Crippen LogP contribution is -2.36. The Morgan fingerprint density at radius 2 is 1.92 bits per heavy atom. The molecule has 0 saturated carbocycles. The number of hydrogen-bond acceptors (Lipinski definition) is 5. The number of ether oxygens (including phenoxy) is 1. The summed E-state index contributed by atoms with van der Waals surface area (Å²) in [7, 11) is 1.26. The zero-order valence-electron chi connectivity index (χ0n) is 14.1. The van der Waals surface area contributed by atoms with Crippen LogP contribution in [0.15, 0.2) is 24.3 Å². The fraction of sp³-hybridized carbons (Fsp3) is 0.278. The molecule has 0 aliphatic carbocycles. The second kappa shape index (κ2) is 5.86. The molecule has 1 aromatic carbocycles. The second-order valence-corrected chi connectivity index (χ2v) is 6.08. The van der Waals surface area contributed by atoms with Crippen molar-refractivity contribution in [2.24, 2.45) is 0 Å². The standard InChI is InChI=1S/C18H18N2O5/c1-9-14(16(22)25-3)10(2)19-15(9)13(21)8-18(24)11-6-4-5-7-12(11)20-17(18)23/h4-7,19,24H,8H2,1-3H3,(H,20,23)/t18-/m0/s1. The van der Waals surface area contributed by atoms with Gasteiger partial charge in [0, 0.05) is 16.9 Å². The molecule has 1 aliphatic rings. The Hall–Kier alpha value is -2.93. The highest BCUT2D eigenvalue weighted by Crippen LogP contribution is 2.39. The lowest BCUT2D eigenvalue weighted by atomic mass is 9.88. The normalized spacial score (nSPS) is 18.6. The molecule has 1 aliphatic heterocycles. The predicted molar refractivity (Wildman–Crippen MR) is 89.5 cm³/mol. The van der Waals surface area contributed by atoms with Gasteiger partial charge in [-0.05, 0) is 25.5 Å². The minimum Gasteiger partial charge on any atom is -0.465 e. The molecule has 25 heavy (non-hydrogen) atoms. The molecule has 2 aromatic rings. The number of H-pyrrole nitrogens is 1. The zero-order valence-corrected chi connectivity index (χ0v) is 14.1. The third-order valence-corrected chi connectivity index (χ3v) is 4.52. The second-order valence-electron chi connectivity index (χ2n) is 6.08. The summed E-state index contributed by atoms with van der Waals surface area (Å²) in [6.45, 7) is 3.28. The number of amides is 1. The van der Waals surface area contributed by atoms with E-state index in [1.165, 1.54) is 7.11 Å². The highest BCUT2D eigenvalue weighted by molar-refractivity contribution is 6.10. The molecule has 0 spiro atoms. The van der Waals surface area contributed by atoms with E-state index in [0.29, 0.717) is 22.5 Å². The summed E-state index contributed by atoms with van der Waals surface area (Å²) in [6.07, 6.45) is -0.433. The molecule has 0 saturated heterocycles. The summed E-state index contributed by atoms with van der Waals surface area (Å²) in [5, 5.41) is 13.4. The predicted octanol–water partition coefficient (Wildman–Crippen LogP) is 1.83. The van der Waals surface area contributed by atoms with Crippen LogP contribution in [0.5, 0.6) is 0 Å². The van der Waals surface area contributed by atoms with Gasteiger partial charge in [0.1, 0.15) is 0 Å². The molecular weight excluding hydrogens is 324 g/mol. The van der Waals surface area contributed by atoms with Crippen molar-refractivity contribution >= 4 is 23.3 Å². The molecule has 2 heterocycles. The zero-order chi connectivity index (χ0) is 18.4. The van der Waals surface area contributed by atoms with E-state index in [4.69, 9.17) is 4.74 Å². The number of esters is 1. The van der Waals surface area contributed by atoms with Crippen molar-refractivity contribution in [2.45, 2.75) is 25.9 Å². The minimum atomic E-state index is -1.94. The number of Topliss-reactive ketones (excluding diaryl/α,β-unsaturated/α-hetero) is 1. The number of ketones is 1. The number of para-hydroxylation sites is 1. The van der Waals surface area contributed by atoms with Crippen LogP contribution in [0.4, 0.5) is 5.69 Å². The van der Waals surface area contributed by atoms with Gasteiger partial charge in [0.25, 0.3) is 5.91 Å². The number of rotatable bonds is 4. The van der Waals surface area contributed by atoms with E-state index in [1.807, 2.05) is 0 Å². The number of anilines is 1. The van der Waals surface area contributed by atoms with E-state index in [1.54, 1.807) is 38.1 Å². The average Bonchev–Trinajstić information content (AvgIpc) is 3.01. The van der Waals surface area contributed by atoms with Crippen molar-refractivity contribution in [2.75, 3.05) is 12.4 Å². The first kappa shape index (κ1) is 16.9. The van der Waals surface area contributed by atoms with E-state index in [2.05, 4.69) is 10.3 Å². The highest BCUT2D eigenvalue weighted by Gasteiger charge is 2.47. The fourth-order valence-corrected chi connectivity index (χ4v) is 3.23. The largest absolute Gasteiger partial charge is 0.465 e. The van der Waals surface area contributed by atoms with Gasteiger partial charge in [-0.25, -0.2) is 4.79 Å². The van der Waals surface area contributed by atoms with Crippen LogP contribution in [0.3, 0.4) is 0 Å². The topological polar surface area (TPSA) is 108 Å². The highest BCUT2D eigenvalue weighted by atomic mass is 16.5. The third kappa shape index (κ3) is 2.53. The molecule has 3 N–H and O–H groups in total. The van der Waals surface area contributed by atoms with Crippen molar-refractivity contribution in [3.8, 4) is 0 Å². The average molecular weight is 342 g/mol. The van der Waals surface area contributed by atoms with Gasteiger partial charge in [-0.2, -0.15) is 0 Å². The van der Waals surface area contributed by atoms with Crippen molar-refractivity contribution in [1.82, 2.24) is 4.98 Å². The summed E-state index contributed by atoms with van der Waals surface area (Å²) in [6, 6.07) is 6.68. The quantitative estimate of drug-likeness (QED) is 0.580. The number of aromatic amines is 1. The molecule has 130 valence electrons. The summed E-state index contributed by atoms with van der Waals surface area (Å²) < 4.78 is 4.72. The van der Waals surface area contributed by atoms with E-state index in [9.17, 15) is 19.5 Å². The van der Waals surface area contributed by atoms with Crippen LogP contribution in [0.2, 0.25) is 0 Å². The van der Waals surface area contributed by atoms with Gasteiger partial charge in [0.15, 0.2) is 11.4 Å². The van der Waals surface area contributed by atoms with E-state index in [-0.39, 0.29) is 11.3 Å². The molecule has 1 aromatic heterocycles. The fourth-order valence-electron chi connectivity index (χ4n) is 3.23. The van der Waals surface area contributed by atoms with Gasteiger partial charge in [0.2, 0.25) is 0 Å². The maximum atomic E-state index is 12.7. The number of carbonyl (C=O) groups excluding carboxylic acids is 3. The van der Waals surface area contributed by atoms with Crippen molar-refractivity contribution < 1.29 is 24.2 Å². The maximum absolute atomic E-state index is 12.7. The van der Waals surface area contributed by atoms with Crippen LogP contribution in [0, 0.1) is 13.8 Å². The van der Waals surface area contributed by atoms with Gasteiger partial charge in [-0.1, -0.05) is 18.2 Å². The van der Waals surface area contributed by atoms with Crippen LogP contribution < -0.4 is 5.32 Å². The SMILES string of the molecule is COC(=O)c1c(C)[nH]c(C(=O)C[C@@]2(O)C(=O)Nc3ccccc32)c1C. The lowest BCUT2D eigenvalue weighted by molar-refractivity contribution is -0.133. The molecular formula is C18H18N2O5. The van der Waals surface area contributed by atoms with Crippen molar-refractivity contribution in [3.05, 3.63) is 52.3 Å². The van der Waals surface area contributed by atoms with Gasteiger partial charge in [0.05, 0.1) is 24.8 Å². The smallest absolute Gasteiger partial charge is 0.339 e. The Morgan fingerprint density at radius 3 is 2.60 bits per heavy atom. The van der Waals surface area contributed by atoms with E-state index >= 15 is 0 Å². The van der Waals surface area contributed by atoms with Gasteiger partial charge in [-0.3, -0.25) is 9.59 Å². The van der Waals surface area contributed by atoms with Gasteiger partial charge >= 0.3 is 5.97 Å². The van der Waals surface area contributed by atoms with Crippen LogP contribution in [-0.4, -0.2) is 34.9 Å². The number of aryl methyl sites for hydroxylation is 1. The monoisotopic (exact) mass is 342 g/mol. The van der Waals surface area contributed by atoms with Crippen molar-refractivity contribution in [3.63, 3.8) is 0 Å². The number of nitrogens with one attached hydrogen (secondary N) is 2. The molecule has 0 fully saturated rings. The number of carbonyl (C=O) groups is 3. The molecule has 7 heteroatoms. The van der Waals surface area contributed by atoms with Crippen LogP contribution in [0.1, 0.15) is 44.1 Å². The Bertz CT molecular complexity index is 899. The Balaban J connectivity index is 1.96. The molecule has 1 amide bonds. The molecule has 3 rings (SSSR count). The number of hydrogen-bond donors (Lipinski definition) is 3. The third-order valence-electron chi connectivity index (χ3n) is 4.52. The van der Waals surface area contributed by atoms with Gasteiger partial charge < -0.3 is 20.1 Å². The first-order valence-electron chi connectivity index (χ1n) is 7.73. The van der Waals surface area contributed by atoms with E-state index in [0.717, 1.165) is 0 Å². The number of fused-ring (bicyclic) bond motifs is 1. The van der Waals surface area contributed by atoms with Gasteiger partial charge in [-0.15, -0.1) is 0 Å². The minimum absolute atomic E-state index is 0.184. The Morgan fingerprint density at radius 1 is 1.24 bits per heavy atom. The number of aliphatic hydroxyl groups is 1. The molecule has 7 nitrogen and oxygen atoms in total.